The lowest BCUT2D eigenvalue weighted by Crippen LogP contribution is -2.38. The Bertz CT molecular complexity index is 656. The number of nitrogens with zero attached hydrogens (tertiary/aromatic N) is 1. The third kappa shape index (κ3) is 3.83. The minimum atomic E-state index is 0.0846. The van der Waals surface area contributed by atoms with Gasteiger partial charge in [-0.1, -0.05) is 17.7 Å². The molecule has 2 aromatic carbocycles. The number of aryl methyl sites for hydroxylation is 1. The van der Waals surface area contributed by atoms with Crippen LogP contribution in [0.1, 0.15) is 18.4 Å². The SMILES string of the molecule is Cc1ccc(NC(=O)C2CCN(c3ccc(N)cc3)CC2)cc1. The van der Waals surface area contributed by atoms with Gasteiger partial charge in [0.15, 0.2) is 0 Å². The van der Waals surface area contributed by atoms with Crippen molar-refractivity contribution in [1.29, 1.82) is 0 Å². The Morgan fingerprint density at radius 3 is 2.26 bits per heavy atom. The predicted molar refractivity (Wildman–Crippen MR) is 95.6 cm³/mol. The first-order chi connectivity index (χ1) is 11.1. The summed E-state index contributed by atoms with van der Waals surface area (Å²) < 4.78 is 0. The molecule has 1 fully saturated rings. The Morgan fingerprint density at radius 1 is 1.04 bits per heavy atom. The highest BCUT2D eigenvalue weighted by molar-refractivity contribution is 5.92. The molecule has 1 amide bonds. The summed E-state index contributed by atoms with van der Waals surface area (Å²) in [5.74, 6) is 0.215. The fourth-order valence-corrected chi connectivity index (χ4v) is 2.97. The summed E-state index contributed by atoms with van der Waals surface area (Å²) in [6.07, 6.45) is 1.75. The van der Waals surface area contributed by atoms with E-state index in [0.717, 1.165) is 37.3 Å². The van der Waals surface area contributed by atoms with Crippen molar-refractivity contribution >= 4 is 23.0 Å². The Kier molecular flexibility index (Phi) is 4.51. The third-order valence-electron chi connectivity index (χ3n) is 4.44. The molecule has 23 heavy (non-hydrogen) atoms. The molecule has 1 heterocycles. The number of anilines is 3. The van der Waals surface area contributed by atoms with Gasteiger partial charge in [0.05, 0.1) is 0 Å². The first kappa shape index (κ1) is 15.4. The molecule has 1 saturated heterocycles. The summed E-state index contributed by atoms with van der Waals surface area (Å²) >= 11 is 0. The van der Waals surface area contributed by atoms with Crippen molar-refractivity contribution in [2.45, 2.75) is 19.8 Å². The van der Waals surface area contributed by atoms with Gasteiger partial charge in [-0.05, 0) is 56.2 Å². The number of carbonyl (C=O) groups excluding carboxylic acids is 1. The zero-order chi connectivity index (χ0) is 16.2. The average molecular weight is 309 g/mol. The summed E-state index contributed by atoms with van der Waals surface area (Å²) in [7, 11) is 0. The first-order valence-corrected chi connectivity index (χ1v) is 8.10. The molecule has 0 bridgehead atoms. The minimum Gasteiger partial charge on any atom is -0.399 e. The topological polar surface area (TPSA) is 58.4 Å². The molecule has 0 radical (unpaired) electrons. The Labute approximate surface area is 137 Å². The van der Waals surface area contributed by atoms with Crippen LogP contribution < -0.4 is 16.0 Å². The highest BCUT2D eigenvalue weighted by Crippen LogP contribution is 2.25. The smallest absolute Gasteiger partial charge is 0.227 e. The van der Waals surface area contributed by atoms with Gasteiger partial charge in [0.25, 0.3) is 0 Å². The van der Waals surface area contributed by atoms with Crippen molar-refractivity contribution in [1.82, 2.24) is 0 Å². The van der Waals surface area contributed by atoms with Crippen LogP contribution in [0.5, 0.6) is 0 Å². The lowest BCUT2D eigenvalue weighted by Gasteiger charge is -2.33. The second-order valence-electron chi connectivity index (χ2n) is 6.21. The third-order valence-corrected chi connectivity index (χ3v) is 4.44. The van der Waals surface area contributed by atoms with E-state index in [0.29, 0.717) is 0 Å². The van der Waals surface area contributed by atoms with E-state index in [9.17, 15) is 4.79 Å². The van der Waals surface area contributed by atoms with Gasteiger partial charge in [-0.3, -0.25) is 4.79 Å². The molecule has 3 N–H and O–H groups in total. The molecule has 0 saturated carbocycles. The highest BCUT2D eigenvalue weighted by atomic mass is 16.1. The summed E-state index contributed by atoms with van der Waals surface area (Å²) in [5, 5.41) is 3.03. The number of nitrogens with one attached hydrogen (secondary N) is 1. The van der Waals surface area contributed by atoms with Crippen molar-refractivity contribution in [2.24, 2.45) is 5.92 Å². The van der Waals surface area contributed by atoms with Gasteiger partial charge in [0.2, 0.25) is 5.91 Å². The van der Waals surface area contributed by atoms with Crippen LogP contribution in [0, 0.1) is 12.8 Å². The van der Waals surface area contributed by atoms with Crippen molar-refractivity contribution in [2.75, 3.05) is 29.0 Å². The van der Waals surface area contributed by atoms with E-state index in [1.165, 1.54) is 11.3 Å². The molecule has 0 atom stereocenters. The van der Waals surface area contributed by atoms with E-state index >= 15 is 0 Å². The minimum absolute atomic E-state index is 0.0846. The van der Waals surface area contributed by atoms with Gasteiger partial charge in [-0.2, -0.15) is 0 Å². The fraction of sp³-hybridized carbons (Fsp3) is 0.316. The van der Waals surface area contributed by atoms with E-state index in [-0.39, 0.29) is 11.8 Å². The van der Waals surface area contributed by atoms with Crippen LogP contribution in [0.2, 0.25) is 0 Å². The van der Waals surface area contributed by atoms with Crippen LogP contribution >= 0.6 is 0 Å². The second-order valence-corrected chi connectivity index (χ2v) is 6.21. The van der Waals surface area contributed by atoms with E-state index in [2.05, 4.69) is 10.2 Å². The van der Waals surface area contributed by atoms with Gasteiger partial charge in [-0.15, -0.1) is 0 Å². The maximum Gasteiger partial charge on any atom is 0.227 e. The number of nitrogens with two attached hydrogens (primary N) is 1. The zero-order valence-corrected chi connectivity index (χ0v) is 13.5. The van der Waals surface area contributed by atoms with E-state index in [1.807, 2.05) is 55.5 Å². The van der Waals surface area contributed by atoms with Crippen molar-refractivity contribution in [3.05, 3.63) is 54.1 Å². The van der Waals surface area contributed by atoms with Crippen LogP contribution in [0.15, 0.2) is 48.5 Å². The molecule has 2 aromatic rings. The van der Waals surface area contributed by atoms with Gasteiger partial charge in [0.1, 0.15) is 0 Å². The maximum absolute atomic E-state index is 12.4. The second kappa shape index (κ2) is 6.73. The van der Waals surface area contributed by atoms with Crippen molar-refractivity contribution < 1.29 is 4.79 Å². The van der Waals surface area contributed by atoms with Gasteiger partial charge in [0, 0.05) is 36.1 Å². The van der Waals surface area contributed by atoms with E-state index in [1.54, 1.807) is 0 Å². The van der Waals surface area contributed by atoms with Gasteiger partial charge < -0.3 is 16.0 Å². The van der Waals surface area contributed by atoms with Crippen LogP contribution in [0.4, 0.5) is 17.1 Å². The Balaban J connectivity index is 1.54. The molecule has 120 valence electrons. The van der Waals surface area contributed by atoms with Gasteiger partial charge in [-0.25, -0.2) is 0 Å². The molecule has 1 aliphatic rings. The molecule has 1 aliphatic heterocycles. The first-order valence-electron chi connectivity index (χ1n) is 8.10. The van der Waals surface area contributed by atoms with Crippen LogP contribution in [-0.4, -0.2) is 19.0 Å². The zero-order valence-electron chi connectivity index (χ0n) is 13.5. The lowest BCUT2D eigenvalue weighted by molar-refractivity contribution is -0.120. The lowest BCUT2D eigenvalue weighted by atomic mass is 9.95. The van der Waals surface area contributed by atoms with Crippen LogP contribution in [-0.2, 0) is 4.79 Å². The summed E-state index contributed by atoms with van der Waals surface area (Å²) in [4.78, 5) is 14.7. The van der Waals surface area contributed by atoms with Crippen LogP contribution in [0.25, 0.3) is 0 Å². The number of nitrogen functional groups attached to an aromatic ring is 1. The molecule has 0 aliphatic carbocycles. The molecule has 0 spiro atoms. The van der Waals surface area contributed by atoms with Crippen molar-refractivity contribution in [3.8, 4) is 0 Å². The normalized spacial score (nSPS) is 15.4. The number of amides is 1. The molecule has 4 nitrogen and oxygen atoms in total. The number of hydrogen-bond donors (Lipinski definition) is 2. The number of benzene rings is 2. The molecular formula is C19H23N3O. The predicted octanol–water partition coefficient (Wildman–Crippen LogP) is 3.43. The number of piperidine rings is 1. The Hall–Kier alpha value is -2.49. The molecule has 4 heteroatoms. The summed E-state index contributed by atoms with van der Waals surface area (Å²) in [6, 6.07) is 15.9. The van der Waals surface area contributed by atoms with E-state index in [4.69, 9.17) is 5.73 Å². The molecule has 3 rings (SSSR count). The highest BCUT2D eigenvalue weighted by Gasteiger charge is 2.25. The van der Waals surface area contributed by atoms with Crippen molar-refractivity contribution in [3.63, 3.8) is 0 Å². The van der Waals surface area contributed by atoms with E-state index < -0.39 is 0 Å². The number of hydrogen-bond acceptors (Lipinski definition) is 3. The molecule has 0 aromatic heterocycles. The standard InChI is InChI=1S/C19H23N3O/c1-14-2-6-17(7-3-14)21-19(23)15-10-12-22(13-11-15)18-8-4-16(20)5-9-18/h2-9,15H,10-13,20H2,1H3,(H,21,23). The quantitative estimate of drug-likeness (QED) is 0.854. The monoisotopic (exact) mass is 309 g/mol. The number of rotatable bonds is 3. The average Bonchev–Trinajstić information content (AvgIpc) is 2.58. The maximum atomic E-state index is 12.4. The summed E-state index contributed by atoms with van der Waals surface area (Å²) in [6.45, 7) is 3.84. The van der Waals surface area contributed by atoms with Gasteiger partial charge >= 0.3 is 0 Å². The number of carbonyl (C=O) groups is 1. The molecule has 0 unspecified atom stereocenters. The fourth-order valence-electron chi connectivity index (χ4n) is 2.97. The molecular weight excluding hydrogens is 286 g/mol. The largest absolute Gasteiger partial charge is 0.399 e. The van der Waals surface area contributed by atoms with Crippen LogP contribution in [0.3, 0.4) is 0 Å². The Morgan fingerprint density at radius 2 is 1.65 bits per heavy atom. The summed E-state index contributed by atoms with van der Waals surface area (Å²) in [5.41, 5.74) is 9.76.